The third-order valence-corrected chi connectivity index (χ3v) is 2.14. The number of hydrogen-bond acceptors (Lipinski definition) is 4. The first-order valence-electron chi connectivity index (χ1n) is 5.10. The highest BCUT2D eigenvalue weighted by Gasteiger charge is 2.30. The van der Waals surface area contributed by atoms with Gasteiger partial charge in [-0.2, -0.15) is 0 Å². The molecule has 2 N–H and O–H groups in total. The average molecular weight is 217 g/mol. The molecule has 0 unspecified atom stereocenters. The van der Waals surface area contributed by atoms with Gasteiger partial charge in [-0.15, -0.1) is 0 Å². The molecule has 0 aliphatic carbocycles. The molecule has 5 nitrogen and oxygen atoms in total. The van der Waals surface area contributed by atoms with Crippen LogP contribution in [0.5, 0.6) is 0 Å². The second-order valence-corrected chi connectivity index (χ2v) is 4.73. The Balaban J connectivity index is 2.37. The Labute approximate surface area is 89.8 Å². The summed E-state index contributed by atoms with van der Waals surface area (Å²) in [5.41, 5.74) is -0.502. The van der Waals surface area contributed by atoms with Crippen molar-refractivity contribution in [3.63, 3.8) is 0 Å². The van der Waals surface area contributed by atoms with E-state index in [1.807, 2.05) is 0 Å². The Hall–Kier alpha value is -0.810. The van der Waals surface area contributed by atoms with Gasteiger partial charge in [0.2, 0.25) is 0 Å². The monoisotopic (exact) mass is 217 g/mol. The fraction of sp³-hybridized carbons (Fsp3) is 0.900. The molecule has 1 amide bonds. The third-order valence-electron chi connectivity index (χ3n) is 2.14. The van der Waals surface area contributed by atoms with E-state index in [2.05, 4.69) is 5.32 Å². The number of aliphatic hydroxyl groups is 1. The summed E-state index contributed by atoms with van der Waals surface area (Å²) in [6.07, 6.45) is -0.462. The molecule has 2 atom stereocenters. The van der Waals surface area contributed by atoms with Crippen molar-refractivity contribution in [1.82, 2.24) is 5.32 Å². The molecular weight excluding hydrogens is 198 g/mol. The summed E-state index contributed by atoms with van der Waals surface area (Å²) in [6, 6.07) is -0.148. The highest BCUT2D eigenvalue weighted by molar-refractivity contribution is 5.68. The lowest BCUT2D eigenvalue weighted by Crippen LogP contribution is -2.43. The van der Waals surface area contributed by atoms with E-state index in [4.69, 9.17) is 14.6 Å². The molecule has 5 heteroatoms. The first-order valence-corrected chi connectivity index (χ1v) is 5.10. The molecule has 0 aromatic heterocycles. The van der Waals surface area contributed by atoms with E-state index in [0.717, 1.165) is 0 Å². The molecule has 1 saturated heterocycles. The van der Waals surface area contributed by atoms with Crippen molar-refractivity contribution in [2.45, 2.75) is 32.4 Å². The van der Waals surface area contributed by atoms with Gasteiger partial charge in [0.25, 0.3) is 0 Å². The fourth-order valence-corrected chi connectivity index (χ4v) is 1.40. The SMILES string of the molecule is CC(C)(C)OC(=O)N[C@H]1COC[C@H]1CO. The number of carbonyl (C=O) groups is 1. The van der Waals surface area contributed by atoms with Crippen LogP contribution in [0.1, 0.15) is 20.8 Å². The smallest absolute Gasteiger partial charge is 0.407 e. The number of nitrogens with one attached hydrogen (secondary N) is 1. The second kappa shape index (κ2) is 4.81. The minimum atomic E-state index is -0.502. The van der Waals surface area contributed by atoms with Gasteiger partial charge in [-0.05, 0) is 20.8 Å². The molecule has 88 valence electrons. The van der Waals surface area contributed by atoms with E-state index in [-0.39, 0.29) is 18.6 Å². The van der Waals surface area contributed by atoms with Gasteiger partial charge in [-0.1, -0.05) is 0 Å². The number of alkyl carbamates (subject to hydrolysis) is 1. The molecule has 1 aliphatic rings. The van der Waals surface area contributed by atoms with E-state index in [0.29, 0.717) is 13.2 Å². The summed E-state index contributed by atoms with van der Waals surface area (Å²) >= 11 is 0. The maximum atomic E-state index is 11.4. The normalized spacial score (nSPS) is 26.4. The van der Waals surface area contributed by atoms with Gasteiger partial charge in [0.1, 0.15) is 5.60 Å². The van der Waals surface area contributed by atoms with Crippen molar-refractivity contribution < 1.29 is 19.4 Å². The van der Waals surface area contributed by atoms with Crippen LogP contribution in [-0.4, -0.2) is 42.7 Å². The molecule has 1 rings (SSSR count). The standard InChI is InChI=1S/C10H19NO4/c1-10(2,3)15-9(13)11-8-6-14-5-7(8)4-12/h7-8,12H,4-6H2,1-3H3,(H,11,13)/t7-,8+/m1/s1. The van der Waals surface area contributed by atoms with Crippen molar-refractivity contribution >= 4 is 6.09 Å². The van der Waals surface area contributed by atoms with Crippen molar-refractivity contribution in [2.75, 3.05) is 19.8 Å². The lowest BCUT2D eigenvalue weighted by Gasteiger charge is -2.23. The number of rotatable bonds is 2. The lowest BCUT2D eigenvalue weighted by molar-refractivity contribution is 0.0485. The van der Waals surface area contributed by atoms with Gasteiger partial charge in [0.05, 0.1) is 25.9 Å². The van der Waals surface area contributed by atoms with Gasteiger partial charge in [0.15, 0.2) is 0 Å². The predicted octanol–water partition coefficient (Wildman–Crippen LogP) is 0.518. The summed E-state index contributed by atoms with van der Waals surface area (Å²) < 4.78 is 10.3. The molecule has 0 spiro atoms. The molecule has 0 saturated carbocycles. The van der Waals surface area contributed by atoms with E-state index >= 15 is 0 Å². The van der Waals surface area contributed by atoms with Crippen molar-refractivity contribution in [1.29, 1.82) is 0 Å². The van der Waals surface area contributed by atoms with Gasteiger partial charge in [-0.25, -0.2) is 4.79 Å². The molecule has 0 radical (unpaired) electrons. The van der Waals surface area contributed by atoms with Gasteiger partial charge in [0, 0.05) is 5.92 Å². The van der Waals surface area contributed by atoms with E-state index < -0.39 is 11.7 Å². The summed E-state index contributed by atoms with van der Waals surface area (Å²) in [5.74, 6) is -0.0301. The zero-order valence-corrected chi connectivity index (χ0v) is 9.45. The van der Waals surface area contributed by atoms with Crippen LogP contribution >= 0.6 is 0 Å². The van der Waals surface area contributed by atoms with Crippen LogP contribution in [0.15, 0.2) is 0 Å². The summed E-state index contributed by atoms with van der Waals surface area (Å²) in [5, 5.41) is 11.7. The number of ether oxygens (including phenoxy) is 2. The first kappa shape index (κ1) is 12.3. The molecule has 15 heavy (non-hydrogen) atoms. The van der Waals surface area contributed by atoms with E-state index in [1.165, 1.54) is 0 Å². The van der Waals surface area contributed by atoms with Crippen LogP contribution in [0, 0.1) is 5.92 Å². The second-order valence-electron chi connectivity index (χ2n) is 4.73. The fourth-order valence-electron chi connectivity index (χ4n) is 1.40. The minimum Gasteiger partial charge on any atom is -0.444 e. The lowest BCUT2D eigenvalue weighted by atomic mass is 10.1. The van der Waals surface area contributed by atoms with Crippen LogP contribution in [0.3, 0.4) is 0 Å². The zero-order valence-electron chi connectivity index (χ0n) is 9.45. The Morgan fingerprint density at radius 3 is 2.73 bits per heavy atom. The number of aliphatic hydroxyl groups excluding tert-OH is 1. The third kappa shape index (κ3) is 4.05. The molecule has 0 bridgehead atoms. The van der Waals surface area contributed by atoms with Crippen molar-refractivity contribution in [3.8, 4) is 0 Å². The Bertz CT molecular complexity index is 224. The Kier molecular flexibility index (Phi) is 3.93. The van der Waals surface area contributed by atoms with Gasteiger partial charge >= 0.3 is 6.09 Å². The minimum absolute atomic E-state index is 0.0143. The maximum Gasteiger partial charge on any atom is 0.407 e. The predicted molar refractivity (Wildman–Crippen MR) is 54.6 cm³/mol. The summed E-state index contributed by atoms with van der Waals surface area (Å²) in [6.45, 7) is 6.35. The van der Waals surface area contributed by atoms with Gasteiger partial charge < -0.3 is 19.9 Å². The number of amides is 1. The van der Waals surface area contributed by atoms with Crippen molar-refractivity contribution in [2.24, 2.45) is 5.92 Å². The Morgan fingerprint density at radius 2 is 2.20 bits per heavy atom. The largest absolute Gasteiger partial charge is 0.444 e. The first-order chi connectivity index (χ1) is 6.92. The molecule has 1 aliphatic heterocycles. The van der Waals surface area contributed by atoms with Gasteiger partial charge in [-0.3, -0.25) is 0 Å². The Morgan fingerprint density at radius 1 is 1.53 bits per heavy atom. The molecule has 1 fully saturated rings. The van der Waals surface area contributed by atoms with Crippen LogP contribution in [0.25, 0.3) is 0 Å². The molecule has 0 aromatic rings. The average Bonchev–Trinajstić information content (AvgIpc) is 2.48. The zero-order chi connectivity index (χ0) is 11.5. The van der Waals surface area contributed by atoms with Crippen LogP contribution in [-0.2, 0) is 9.47 Å². The van der Waals surface area contributed by atoms with E-state index in [1.54, 1.807) is 20.8 Å². The highest BCUT2D eigenvalue weighted by atomic mass is 16.6. The van der Waals surface area contributed by atoms with Crippen LogP contribution < -0.4 is 5.32 Å². The molecule has 1 heterocycles. The maximum absolute atomic E-state index is 11.4. The molecular formula is C10H19NO4. The van der Waals surface area contributed by atoms with Crippen LogP contribution in [0.4, 0.5) is 4.79 Å². The number of carbonyl (C=O) groups excluding carboxylic acids is 1. The highest BCUT2D eigenvalue weighted by Crippen LogP contribution is 2.14. The topological polar surface area (TPSA) is 67.8 Å². The molecule has 0 aromatic carbocycles. The van der Waals surface area contributed by atoms with Crippen LogP contribution in [0.2, 0.25) is 0 Å². The summed E-state index contributed by atoms with van der Waals surface area (Å²) in [4.78, 5) is 11.4. The number of hydrogen-bond donors (Lipinski definition) is 2. The quantitative estimate of drug-likeness (QED) is 0.707. The summed E-state index contributed by atoms with van der Waals surface area (Å²) in [7, 11) is 0. The van der Waals surface area contributed by atoms with Crippen molar-refractivity contribution in [3.05, 3.63) is 0 Å². The van der Waals surface area contributed by atoms with E-state index in [9.17, 15) is 4.79 Å².